The Kier molecular flexibility index (Phi) is 5.65. The third-order valence-corrected chi connectivity index (χ3v) is 5.99. The zero-order valence-electron chi connectivity index (χ0n) is 17.4. The van der Waals surface area contributed by atoms with Crippen molar-refractivity contribution in [1.29, 1.82) is 0 Å². The van der Waals surface area contributed by atoms with Crippen LogP contribution < -0.4 is 5.56 Å². The van der Waals surface area contributed by atoms with Gasteiger partial charge in [0.25, 0.3) is 5.56 Å². The minimum atomic E-state index is -0.268. The van der Waals surface area contributed by atoms with E-state index in [0.717, 1.165) is 61.6 Å². The Morgan fingerprint density at radius 2 is 1.71 bits per heavy atom. The second-order valence-electron chi connectivity index (χ2n) is 7.86. The van der Waals surface area contributed by atoms with Crippen molar-refractivity contribution < 1.29 is 4.74 Å². The first kappa shape index (κ1) is 19.7. The quantitative estimate of drug-likeness (QED) is 0.486. The molecule has 0 radical (unpaired) electrons. The number of ether oxygens (including phenoxy) is 1. The molecule has 0 spiro atoms. The number of rotatable bonds is 6. The van der Waals surface area contributed by atoms with Gasteiger partial charge in [-0.2, -0.15) is 0 Å². The molecule has 0 amide bonds. The summed E-state index contributed by atoms with van der Waals surface area (Å²) >= 11 is 0. The number of pyridine rings is 2. The second-order valence-corrected chi connectivity index (χ2v) is 7.86. The van der Waals surface area contributed by atoms with E-state index in [-0.39, 0.29) is 11.6 Å². The van der Waals surface area contributed by atoms with Crippen molar-refractivity contribution in [3.05, 3.63) is 101 Å². The molecule has 31 heavy (non-hydrogen) atoms. The lowest BCUT2D eigenvalue weighted by Crippen LogP contribution is -2.38. The van der Waals surface area contributed by atoms with E-state index in [4.69, 9.17) is 4.74 Å². The molecule has 1 aliphatic heterocycles. The summed E-state index contributed by atoms with van der Waals surface area (Å²) in [7, 11) is 0. The van der Waals surface area contributed by atoms with Gasteiger partial charge in [-0.3, -0.25) is 14.7 Å². The van der Waals surface area contributed by atoms with Crippen molar-refractivity contribution in [2.75, 3.05) is 32.8 Å². The number of hydrogen-bond donors (Lipinski definition) is 0. The summed E-state index contributed by atoms with van der Waals surface area (Å²) in [6.07, 6.45) is 5.70. The van der Waals surface area contributed by atoms with Crippen LogP contribution in [0, 0.1) is 0 Å². The molecular weight excluding hydrogens is 388 g/mol. The number of nitrogens with zero attached hydrogens (tertiary/aromatic N) is 4. The van der Waals surface area contributed by atoms with Gasteiger partial charge in [-0.05, 0) is 29.8 Å². The minimum Gasteiger partial charge on any atom is -0.379 e. The lowest BCUT2D eigenvalue weighted by atomic mass is 10.0. The van der Waals surface area contributed by atoms with Gasteiger partial charge >= 0.3 is 0 Å². The van der Waals surface area contributed by atoms with Gasteiger partial charge in [0, 0.05) is 44.8 Å². The maximum absolute atomic E-state index is 13.5. The van der Waals surface area contributed by atoms with E-state index in [2.05, 4.69) is 20.5 Å². The third-order valence-electron chi connectivity index (χ3n) is 5.99. The summed E-state index contributed by atoms with van der Waals surface area (Å²) in [6, 6.07) is 19.6. The van der Waals surface area contributed by atoms with Crippen molar-refractivity contribution >= 4 is 10.9 Å². The predicted molar refractivity (Wildman–Crippen MR) is 121 cm³/mol. The average Bonchev–Trinajstić information content (AvgIpc) is 3.25. The van der Waals surface area contributed by atoms with Crippen molar-refractivity contribution in [1.82, 2.24) is 19.0 Å². The first-order valence-corrected chi connectivity index (χ1v) is 10.8. The molecule has 1 fully saturated rings. The topological polar surface area (TPSA) is 52.3 Å². The number of fused-ring (bicyclic) bond motifs is 1. The van der Waals surface area contributed by atoms with Crippen molar-refractivity contribution in [2.24, 2.45) is 0 Å². The van der Waals surface area contributed by atoms with E-state index in [0.29, 0.717) is 0 Å². The Balaban J connectivity index is 1.50. The zero-order chi connectivity index (χ0) is 21.0. The highest BCUT2D eigenvalue weighted by Crippen LogP contribution is 2.25. The van der Waals surface area contributed by atoms with E-state index in [1.807, 2.05) is 67.0 Å². The second kappa shape index (κ2) is 8.88. The van der Waals surface area contributed by atoms with Crippen molar-refractivity contribution in [3.63, 3.8) is 0 Å². The average molecular weight is 415 g/mol. The molecule has 5 rings (SSSR count). The van der Waals surface area contributed by atoms with Gasteiger partial charge in [0.1, 0.15) is 6.04 Å². The van der Waals surface area contributed by atoms with Crippen LogP contribution in [0.15, 0.2) is 84.0 Å². The number of benzene rings is 1. The van der Waals surface area contributed by atoms with Gasteiger partial charge in [0.05, 0.1) is 29.8 Å². The SMILES string of the molecule is O=c1c2ccn(CCN3CCOCC3)c2ccn1C(c1ccccc1)c1ccccn1. The van der Waals surface area contributed by atoms with Gasteiger partial charge in [-0.1, -0.05) is 36.4 Å². The third kappa shape index (κ3) is 4.04. The van der Waals surface area contributed by atoms with Crippen LogP contribution in [-0.2, 0) is 11.3 Å². The van der Waals surface area contributed by atoms with E-state index in [9.17, 15) is 4.79 Å². The molecule has 3 aromatic heterocycles. The van der Waals surface area contributed by atoms with Crippen LogP contribution in [0.5, 0.6) is 0 Å². The molecule has 1 unspecified atom stereocenters. The smallest absolute Gasteiger partial charge is 0.260 e. The molecule has 0 aliphatic carbocycles. The van der Waals surface area contributed by atoms with E-state index < -0.39 is 0 Å². The Labute approximate surface area is 181 Å². The molecule has 1 aromatic carbocycles. The lowest BCUT2D eigenvalue weighted by molar-refractivity contribution is 0.0365. The zero-order valence-corrected chi connectivity index (χ0v) is 17.4. The molecule has 0 N–H and O–H groups in total. The van der Waals surface area contributed by atoms with Gasteiger partial charge < -0.3 is 13.9 Å². The van der Waals surface area contributed by atoms with Gasteiger partial charge in [0.2, 0.25) is 0 Å². The molecule has 1 aliphatic rings. The molecule has 4 aromatic rings. The molecule has 1 atom stereocenters. The maximum Gasteiger partial charge on any atom is 0.260 e. The Morgan fingerprint density at radius 1 is 0.903 bits per heavy atom. The molecule has 1 saturated heterocycles. The summed E-state index contributed by atoms with van der Waals surface area (Å²) in [5, 5.41) is 0.737. The highest BCUT2D eigenvalue weighted by Gasteiger charge is 2.20. The molecule has 0 saturated carbocycles. The fourth-order valence-electron chi connectivity index (χ4n) is 4.33. The summed E-state index contributed by atoms with van der Waals surface area (Å²) in [5.41, 5.74) is 2.86. The minimum absolute atomic E-state index is 0.00197. The number of hydrogen-bond acceptors (Lipinski definition) is 4. The number of aromatic nitrogens is 3. The van der Waals surface area contributed by atoms with Crippen LogP contribution in [0.2, 0.25) is 0 Å². The van der Waals surface area contributed by atoms with Gasteiger partial charge in [-0.15, -0.1) is 0 Å². The van der Waals surface area contributed by atoms with E-state index >= 15 is 0 Å². The van der Waals surface area contributed by atoms with Crippen LogP contribution in [0.3, 0.4) is 0 Å². The van der Waals surface area contributed by atoms with Gasteiger partial charge in [0.15, 0.2) is 0 Å². The largest absolute Gasteiger partial charge is 0.379 e. The van der Waals surface area contributed by atoms with E-state index in [1.54, 1.807) is 10.8 Å². The molecule has 0 bridgehead atoms. The predicted octanol–water partition coefficient (Wildman–Crippen LogP) is 3.17. The number of morpholine rings is 1. The Morgan fingerprint density at radius 3 is 2.48 bits per heavy atom. The molecule has 6 nitrogen and oxygen atoms in total. The summed E-state index contributed by atoms with van der Waals surface area (Å²) in [4.78, 5) is 20.5. The van der Waals surface area contributed by atoms with Crippen molar-refractivity contribution in [3.8, 4) is 0 Å². The highest BCUT2D eigenvalue weighted by molar-refractivity contribution is 5.79. The fraction of sp³-hybridized carbons (Fsp3) is 0.280. The summed E-state index contributed by atoms with van der Waals surface area (Å²) in [5.74, 6) is 0. The normalized spacial score (nSPS) is 15.9. The summed E-state index contributed by atoms with van der Waals surface area (Å²) < 4.78 is 9.41. The van der Waals surface area contributed by atoms with Crippen molar-refractivity contribution in [2.45, 2.75) is 12.6 Å². The van der Waals surface area contributed by atoms with E-state index in [1.165, 1.54) is 0 Å². The maximum atomic E-state index is 13.5. The first-order chi connectivity index (χ1) is 15.3. The standard InChI is InChI=1S/C25H26N4O2/c30-25-21-9-12-28(15-14-27-16-18-31-19-17-27)23(21)10-13-29(25)24(20-6-2-1-3-7-20)22-8-4-5-11-26-22/h1-13,24H,14-19H2. The van der Waals surface area contributed by atoms with Crippen LogP contribution in [0.25, 0.3) is 10.9 Å². The Bertz CT molecular complexity index is 1160. The van der Waals surface area contributed by atoms with Crippen LogP contribution >= 0.6 is 0 Å². The molecule has 6 heteroatoms. The molecular formula is C25H26N4O2. The van der Waals surface area contributed by atoms with Crippen LogP contribution in [0.1, 0.15) is 17.3 Å². The summed E-state index contributed by atoms with van der Waals surface area (Å²) in [6.45, 7) is 5.34. The van der Waals surface area contributed by atoms with Crippen LogP contribution in [0.4, 0.5) is 0 Å². The monoisotopic (exact) mass is 414 g/mol. The molecule has 158 valence electrons. The molecule has 4 heterocycles. The van der Waals surface area contributed by atoms with Gasteiger partial charge in [-0.25, -0.2) is 0 Å². The highest BCUT2D eigenvalue weighted by atomic mass is 16.5. The Hall–Kier alpha value is -3.22. The van der Waals surface area contributed by atoms with Crippen LogP contribution in [-0.4, -0.2) is 51.9 Å². The lowest BCUT2D eigenvalue weighted by Gasteiger charge is -2.26. The first-order valence-electron chi connectivity index (χ1n) is 10.8. The fourth-order valence-corrected chi connectivity index (χ4v) is 4.33.